The first-order valence-corrected chi connectivity index (χ1v) is 10.8. The van der Waals surface area contributed by atoms with Gasteiger partial charge in [0.15, 0.2) is 0 Å². The van der Waals surface area contributed by atoms with Crippen LogP contribution < -0.4 is 10.6 Å². The van der Waals surface area contributed by atoms with Gasteiger partial charge in [-0.1, -0.05) is 18.2 Å². The van der Waals surface area contributed by atoms with Crippen LogP contribution in [0.1, 0.15) is 36.0 Å². The number of nitrogens with zero attached hydrogens (tertiary/aromatic N) is 2. The fourth-order valence-electron chi connectivity index (χ4n) is 4.21. The zero-order valence-corrected chi connectivity index (χ0v) is 17.5. The van der Waals surface area contributed by atoms with Crippen molar-refractivity contribution in [1.29, 1.82) is 0 Å². The highest BCUT2D eigenvalue weighted by atomic mass is 16.3. The molecule has 4 rings (SSSR count). The lowest BCUT2D eigenvalue weighted by Gasteiger charge is -2.35. The molecule has 0 radical (unpaired) electrons. The second kappa shape index (κ2) is 9.68. The summed E-state index contributed by atoms with van der Waals surface area (Å²) >= 11 is 0. The van der Waals surface area contributed by atoms with Crippen molar-refractivity contribution >= 4 is 23.5 Å². The Morgan fingerprint density at radius 3 is 2.42 bits per heavy atom. The molecule has 0 saturated carbocycles. The predicted octanol–water partition coefficient (Wildman–Crippen LogP) is 2.94. The molecule has 1 atom stereocenters. The Labute approximate surface area is 181 Å². The average Bonchev–Trinajstić information content (AvgIpc) is 3.35. The van der Waals surface area contributed by atoms with Gasteiger partial charge in [0, 0.05) is 37.9 Å². The summed E-state index contributed by atoms with van der Waals surface area (Å²) in [5, 5.41) is 6.03. The molecule has 8 heteroatoms. The molecule has 4 amide bonds. The van der Waals surface area contributed by atoms with E-state index in [0.717, 1.165) is 31.4 Å². The zero-order chi connectivity index (χ0) is 21.6. The molecule has 31 heavy (non-hydrogen) atoms. The molecule has 0 unspecified atom stereocenters. The lowest BCUT2D eigenvalue weighted by molar-refractivity contribution is -0.127. The number of piperidine rings is 2. The number of para-hydroxylation sites is 1. The van der Waals surface area contributed by atoms with Crippen molar-refractivity contribution in [3.8, 4) is 0 Å². The first kappa shape index (κ1) is 21.0. The van der Waals surface area contributed by atoms with E-state index >= 15 is 0 Å². The molecule has 0 spiro atoms. The Bertz CT molecular complexity index is 892. The summed E-state index contributed by atoms with van der Waals surface area (Å²) in [7, 11) is 0. The minimum atomic E-state index is -0.208. The SMILES string of the molecule is O=C(NC1CCN(C(=O)c2ccoc2)CC1)[C@@H]1CCCN(C(=O)Nc2ccccc2)C1. The van der Waals surface area contributed by atoms with Gasteiger partial charge in [-0.2, -0.15) is 0 Å². The largest absolute Gasteiger partial charge is 0.472 e. The number of urea groups is 1. The van der Waals surface area contributed by atoms with Crippen LogP contribution in [0, 0.1) is 5.92 Å². The molecule has 0 aliphatic carbocycles. The summed E-state index contributed by atoms with van der Waals surface area (Å²) in [6.45, 7) is 2.27. The maximum Gasteiger partial charge on any atom is 0.321 e. The van der Waals surface area contributed by atoms with Crippen LogP contribution in [-0.4, -0.2) is 59.9 Å². The standard InChI is InChI=1S/C23H28N4O4/c28-21(24-20-8-12-26(13-9-20)22(29)18-10-14-31-16-18)17-5-4-11-27(15-17)23(30)25-19-6-2-1-3-7-19/h1-3,6-7,10,14,16-17,20H,4-5,8-9,11-13,15H2,(H,24,28)(H,25,30)/t17-/m1/s1. The van der Waals surface area contributed by atoms with Crippen molar-refractivity contribution in [3.05, 3.63) is 54.5 Å². The van der Waals surface area contributed by atoms with Crippen LogP contribution in [0.25, 0.3) is 0 Å². The van der Waals surface area contributed by atoms with Crippen molar-refractivity contribution in [2.75, 3.05) is 31.5 Å². The molecule has 2 saturated heterocycles. The molecule has 2 aliphatic heterocycles. The average molecular weight is 425 g/mol. The third-order valence-corrected chi connectivity index (χ3v) is 6.00. The van der Waals surface area contributed by atoms with Crippen molar-refractivity contribution < 1.29 is 18.8 Å². The van der Waals surface area contributed by atoms with Crippen LogP contribution in [0.15, 0.2) is 53.3 Å². The fourth-order valence-corrected chi connectivity index (χ4v) is 4.21. The van der Waals surface area contributed by atoms with E-state index in [2.05, 4.69) is 10.6 Å². The quantitative estimate of drug-likeness (QED) is 0.789. The van der Waals surface area contributed by atoms with Gasteiger partial charge in [0.25, 0.3) is 5.91 Å². The Hall–Kier alpha value is -3.29. The van der Waals surface area contributed by atoms with Gasteiger partial charge >= 0.3 is 6.03 Å². The third-order valence-electron chi connectivity index (χ3n) is 6.00. The number of benzene rings is 1. The second-order valence-corrected chi connectivity index (χ2v) is 8.17. The van der Waals surface area contributed by atoms with E-state index < -0.39 is 0 Å². The summed E-state index contributed by atoms with van der Waals surface area (Å²) in [5.74, 6) is -0.247. The maximum atomic E-state index is 12.8. The van der Waals surface area contributed by atoms with Crippen LogP contribution in [0.3, 0.4) is 0 Å². The predicted molar refractivity (Wildman–Crippen MR) is 116 cm³/mol. The summed E-state index contributed by atoms with van der Waals surface area (Å²) in [6, 6.07) is 10.9. The Kier molecular flexibility index (Phi) is 6.54. The van der Waals surface area contributed by atoms with Gasteiger partial charge in [-0.15, -0.1) is 0 Å². The topological polar surface area (TPSA) is 94.9 Å². The number of carbonyl (C=O) groups is 3. The molecule has 0 bridgehead atoms. The summed E-state index contributed by atoms with van der Waals surface area (Å²) < 4.78 is 4.99. The normalized spacial score (nSPS) is 19.7. The molecule has 3 heterocycles. The van der Waals surface area contributed by atoms with Gasteiger partial charge in [-0.05, 0) is 43.9 Å². The number of anilines is 1. The van der Waals surface area contributed by atoms with Gasteiger partial charge < -0.3 is 24.9 Å². The lowest BCUT2D eigenvalue weighted by Crippen LogP contribution is -2.51. The number of amides is 4. The number of hydrogen-bond acceptors (Lipinski definition) is 4. The van der Waals surface area contributed by atoms with Crippen molar-refractivity contribution in [3.63, 3.8) is 0 Å². The first-order chi connectivity index (χ1) is 15.1. The Balaban J connectivity index is 1.24. The molecular weight excluding hydrogens is 396 g/mol. The molecule has 1 aromatic heterocycles. The minimum absolute atomic E-state index is 0.00294. The number of furan rings is 1. The van der Waals surface area contributed by atoms with E-state index in [-0.39, 0.29) is 29.8 Å². The third kappa shape index (κ3) is 5.25. The Morgan fingerprint density at radius 1 is 0.935 bits per heavy atom. The van der Waals surface area contributed by atoms with E-state index in [9.17, 15) is 14.4 Å². The molecule has 2 fully saturated rings. The molecule has 8 nitrogen and oxygen atoms in total. The van der Waals surface area contributed by atoms with Crippen LogP contribution >= 0.6 is 0 Å². The fraction of sp³-hybridized carbons (Fsp3) is 0.435. The van der Waals surface area contributed by atoms with Gasteiger partial charge in [0.2, 0.25) is 5.91 Å². The van der Waals surface area contributed by atoms with Gasteiger partial charge in [0.1, 0.15) is 6.26 Å². The first-order valence-electron chi connectivity index (χ1n) is 10.8. The summed E-state index contributed by atoms with van der Waals surface area (Å²) in [5.41, 5.74) is 1.30. The summed E-state index contributed by atoms with van der Waals surface area (Å²) in [4.78, 5) is 41.3. The second-order valence-electron chi connectivity index (χ2n) is 8.17. The maximum absolute atomic E-state index is 12.8. The highest BCUT2D eigenvalue weighted by Crippen LogP contribution is 2.20. The number of likely N-dealkylation sites (tertiary alicyclic amines) is 2. The Morgan fingerprint density at radius 2 is 1.71 bits per heavy atom. The smallest absolute Gasteiger partial charge is 0.321 e. The van der Waals surface area contributed by atoms with E-state index in [1.165, 1.54) is 12.5 Å². The monoisotopic (exact) mass is 424 g/mol. The van der Waals surface area contributed by atoms with Crippen molar-refractivity contribution in [2.24, 2.45) is 5.92 Å². The molecular formula is C23H28N4O4. The van der Waals surface area contributed by atoms with Crippen LogP contribution in [-0.2, 0) is 4.79 Å². The zero-order valence-electron chi connectivity index (χ0n) is 17.5. The van der Waals surface area contributed by atoms with E-state index in [1.807, 2.05) is 30.3 Å². The lowest BCUT2D eigenvalue weighted by atomic mass is 9.96. The summed E-state index contributed by atoms with van der Waals surface area (Å²) in [6.07, 6.45) is 5.98. The molecule has 1 aromatic carbocycles. The van der Waals surface area contributed by atoms with Crippen LogP contribution in [0.2, 0.25) is 0 Å². The van der Waals surface area contributed by atoms with Crippen molar-refractivity contribution in [2.45, 2.75) is 31.7 Å². The molecule has 2 aliphatic rings. The highest BCUT2D eigenvalue weighted by Gasteiger charge is 2.31. The van der Waals surface area contributed by atoms with E-state index in [1.54, 1.807) is 15.9 Å². The van der Waals surface area contributed by atoms with Gasteiger partial charge in [0.05, 0.1) is 17.7 Å². The minimum Gasteiger partial charge on any atom is -0.472 e. The molecule has 2 aromatic rings. The number of nitrogens with one attached hydrogen (secondary N) is 2. The van der Waals surface area contributed by atoms with Gasteiger partial charge in [-0.3, -0.25) is 9.59 Å². The van der Waals surface area contributed by atoms with Crippen LogP contribution in [0.5, 0.6) is 0 Å². The van der Waals surface area contributed by atoms with Gasteiger partial charge in [-0.25, -0.2) is 4.79 Å². The number of rotatable bonds is 4. The van der Waals surface area contributed by atoms with Crippen molar-refractivity contribution in [1.82, 2.24) is 15.1 Å². The number of carbonyl (C=O) groups excluding carboxylic acids is 3. The molecule has 164 valence electrons. The van der Waals surface area contributed by atoms with E-state index in [0.29, 0.717) is 31.7 Å². The van der Waals surface area contributed by atoms with Crippen LogP contribution in [0.4, 0.5) is 10.5 Å². The van der Waals surface area contributed by atoms with E-state index in [4.69, 9.17) is 4.42 Å². The highest BCUT2D eigenvalue weighted by molar-refractivity contribution is 5.94. The number of hydrogen-bond donors (Lipinski definition) is 2. The molecule has 2 N–H and O–H groups in total.